The minimum Gasteiger partial charge on any atom is -0.484 e. The SMILES string of the molecule is O=C(COc1ccc(C2CCCCC2)cc1)Nc1c[nH]c(=O)[nH]c1=O. The van der Waals surface area contributed by atoms with E-state index in [2.05, 4.69) is 22.4 Å². The Morgan fingerprint density at radius 2 is 1.84 bits per heavy atom. The molecular weight excluding hydrogens is 322 g/mol. The van der Waals surface area contributed by atoms with Gasteiger partial charge < -0.3 is 15.0 Å². The van der Waals surface area contributed by atoms with Gasteiger partial charge >= 0.3 is 5.69 Å². The normalized spacial score (nSPS) is 14.9. The fraction of sp³-hybridized carbons (Fsp3) is 0.389. The molecule has 1 aromatic carbocycles. The Balaban J connectivity index is 1.53. The number of rotatable bonds is 5. The molecule has 1 aromatic heterocycles. The Hall–Kier alpha value is -2.83. The second-order valence-corrected chi connectivity index (χ2v) is 6.23. The van der Waals surface area contributed by atoms with Crippen LogP contribution in [-0.2, 0) is 4.79 Å². The first-order chi connectivity index (χ1) is 12.1. The van der Waals surface area contributed by atoms with Gasteiger partial charge in [-0.15, -0.1) is 0 Å². The summed E-state index contributed by atoms with van der Waals surface area (Å²) in [6.07, 6.45) is 7.51. The van der Waals surface area contributed by atoms with E-state index >= 15 is 0 Å². The lowest BCUT2D eigenvalue weighted by Crippen LogP contribution is -2.28. The van der Waals surface area contributed by atoms with Crippen molar-refractivity contribution in [3.63, 3.8) is 0 Å². The fourth-order valence-electron chi connectivity index (χ4n) is 3.11. The van der Waals surface area contributed by atoms with Crippen LogP contribution in [0.1, 0.15) is 43.6 Å². The van der Waals surface area contributed by atoms with Gasteiger partial charge in [-0.1, -0.05) is 31.4 Å². The number of anilines is 1. The molecule has 2 aromatic rings. The van der Waals surface area contributed by atoms with Crippen molar-refractivity contribution in [3.8, 4) is 5.75 Å². The largest absolute Gasteiger partial charge is 0.484 e. The van der Waals surface area contributed by atoms with Crippen LogP contribution in [0.5, 0.6) is 5.75 Å². The van der Waals surface area contributed by atoms with Gasteiger partial charge in [0.25, 0.3) is 11.5 Å². The van der Waals surface area contributed by atoms with Crippen molar-refractivity contribution in [3.05, 3.63) is 56.9 Å². The molecule has 1 heterocycles. The number of hydrogen-bond acceptors (Lipinski definition) is 4. The molecule has 0 unspecified atom stereocenters. The van der Waals surface area contributed by atoms with Crippen LogP contribution in [0.4, 0.5) is 5.69 Å². The van der Waals surface area contributed by atoms with Gasteiger partial charge in [0.1, 0.15) is 11.4 Å². The third-order valence-electron chi connectivity index (χ3n) is 4.42. The second-order valence-electron chi connectivity index (χ2n) is 6.23. The molecule has 0 radical (unpaired) electrons. The Morgan fingerprint density at radius 1 is 1.12 bits per heavy atom. The van der Waals surface area contributed by atoms with Gasteiger partial charge in [0, 0.05) is 6.20 Å². The van der Waals surface area contributed by atoms with E-state index in [1.165, 1.54) is 37.7 Å². The highest BCUT2D eigenvalue weighted by molar-refractivity contribution is 5.91. The number of aromatic nitrogens is 2. The van der Waals surface area contributed by atoms with Crippen LogP contribution >= 0.6 is 0 Å². The number of H-pyrrole nitrogens is 2. The van der Waals surface area contributed by atoms with Crippen LogP contribution < -0.4 is 21.3 Å². The summed E-state index contributed by atoms with van der Waals surface area (Å²) in [6.45, 7) is -0.221. The molecule has 0 bridgehead atoms. The third kappa shape index (κ3) is 4.59. The first kappa shape index (κ1) is 17.0. The first-order valence-electron chi connectivity index (χ1n) is 8.46. The minimum atomic E-state index is -0.658. The van der Waals surface area contributed by atoms with E-state index in [0.29, 0.717) is 11.7 Å². The number of nitrogens with one attached hydrogen (secondary N) is 3. The molecule has 1 saturated carbocycles. The number of hydrogen-bond donors (Lipinski definition) is 3. The van der Waals surface area contributed by atoms with Gasteiger partial charge in [-0.3, -0.25) is 14.6 Å². The zero-order chi connectivity index (χ0) is 17.6. The van der Waals surface area contributed by atoms with E-state index in [9.17, 15) is 14.4 Å². The Morgan fingerprint density at radius 3 is 2.52 bits per heavy atom. The van der Waals surface area contributed by atoms with Gasteiger partial charge in [-0.05, 0) is 36.5 Å². The molecule has 132 valence electrons. The van der Waals surface area contributed by atoms with Gasteiger partial charge in [0.15, 0.2) is 6.61 Å². The van der Waals surface area contributed by atoms with Crippen LogP contribution in [-0.4, -0.2) is 22.5 Å². The van der Waals surface area contributed by atoms with E-state index < -0.39 is 17.2 Å². The number of amides is 1. The van der Waals surface area contributed by atoms with Gasteiger partial charge in [0.05, 0.1) is 0 Å². The number of benzene rings is 1. The highest BCUT2D eigenvalue weighted by Gasteiger charge is 2.15. The van der Waals surface area contributed by atoms with Crippen molar-refractivity contribution < 1.29 is 9.53 Å². The number of aromatic amines is 2. The molecule has 25 heavy (non-hydrogen) atoms. The molecule has 1 aliphatic carbocycles. The second kappa shape index (κ2) is 7.83. The average molecular weight is 343 g/mol. The van der Waals surface area contributed by atoms with Gasteiger partial charge in [-0.2, -0.15) is 0 Å². The van der Waals surface area contributed by atoms with Crippen LogP contribution in [0.3, 0.4) is 0 Å². The highest BCUT2D eigenvalue weighted by Crippen LogP contribution is 2.33. The smallest absolute Gasteiger partial charge is 0.325 e. The van der Waals surface area contributed by atoms with Gasteiger partial charge in [0.2, 0.25) is 0 Å². The summed E-state index contributed by atoms with van der Waals surface area (Å²) in [5.41, 5.74) is 0.00311. The van der Waals surface area contributed by atoms with Crippen molar-refractivity contribution in [1.82, 2.24) is 9.97 Å². The van der Waals surface area contributed by atoms with Crippen molar-refractivity contribution in [2.75, 3.05) is 11.9 Å². The van der Waals surface area contributed by atoms with Crippen molar-refractivity contribution >= 4 is 11.6 Å². The maximum Gasteiger partial charge on any atom is 0.325 e. The van der Waals surface area contributed by atoms with Crippen LogP contribution in [0, 0.1) is 0 Å². The number of ether oxygens (including phenoxy) is 1. The van der Waals surface area contributed by atoms with Gasteiger partial charge in [-0.25, -0.2) is 4.79 Å². The zero-order valence-electron chi connectivity index (χ0n) is 13.8. The van der Waals surface area contributed by atoms with Crippen LogP contribution in [0.15, 0.2) is 40.1 Å². The Labute approximate surface area is 144 Å². The quantitative estimate of drug-likeness (QED) is 0.773. The summed E-state index contributed by atoms with van der Waals surface area (Å²) in [5, 5.41) is 2.39. The summed E-state index contributed by atoms with van der Waals surface area (Å²) in [4.78, 5) is 38.6. The molecule has 3 rings (SSSR count). The van der Waals surface area contributed by atoms with E-state index in [0.717, 1.165) is 6.20 Å². The molecule has 1 amide bonds. The predicted octanol–water partition coefficient (Wildman–Crippen LogP) is 2.13. The fourth-order valence-corrected chi connectivity index (χ4v) is 3.11. The number of carbonyl (C=O) groups is 1. The lowest BCUT2D eigenvalue weighted by Gasteiger charge is -2.22. The molecule has 7 heteroatoms. The van der Waals surface area contributed by atoms with E-state index in [1.807, 2.05) is 17.1 Å². The zero-order valence-corrected chi connectivity index (χ0v) is 13.8. The summed E-state index contributed by atoms with van der Waals surface area (Å²) in [6, 6.07) is 7.83. The predicted molar refractivity (Wildman–Crippen MR) is 94.1 cm³/mol. The molecule has 1 aliphatic rings. The van der Waals surface area contributed by atoms with Crippen LogP contribution in [0.2, 0.25) is 0 Å². The lowest BCUT2D eigenvalue weighted by molar-refractivity contribution is -0.118. The van der Waals surface area contributed by atoms with E-state index in [-0.39, 0.29) is 12.3 Å². The highest BCUT2D eigenvalue weighted by atomic mass is 16.5. The van der Waals surface area contributed by atoms with Crippen molar-refractivity contribution in [2.45, 2.75) is 38.0 Å². The van der Waals surface area contributed by atoms with E-state index in [1.54, 1.807) is 0 Å². The Bertz CT molecular complexity index is 832. The number of carbonyl (C=O) groups excluding carboxylic acids is 1. The van der Waals surface area contributed by atoms with Crippen molar-refractivity contribution in [1.29, 1.82) is 0 Å². The average Bonchev–Trinajstić information content (AvgIpc) is 2.63. The molecule has 0 atom stereocenters. The van der Waals surface area contributed by atoms with Crippen LogP contribution in [0.25, 0.3) is 0 Å². The maximum absolute atomic E-state index is 11.9. The molecular formula is C18H21N3O4. The first-order valence-corrected chi connectivity index (χ1v) is 8.46. The monoisotopic (exact) mass is 343 g/mol. The summed E-state index contributed by atoms with van der Waals surface area (Å²) < 4.78 is 5.45. The van der Waals surface area contributed by atoms with E-state index in [4.69, 9.17) is 4.74 Å². The summed E-state index contributed by atoms with van der Waals surface area (Å²) >= 11 is 0. The standard InChI is InChI=1S/C18H21N3O4/c22-16(20-15-10-19-18(24)21-17(15)23)11-25-14-8-6-13(7-9-14)12-4-2-1-3-5-12/h6-10,12H,1-5,11H2,(H,20,22)(H2,19,21,23,24). The topological polar surface area (TPSA) is 104 Å². The molecule has 1 fully saturated rings. The van der Waals surface area contributed by atoms with Crippen molar-refractivity contribution in [2.24, 2.45) is 0 Å². The third-order valence-corrected chi connectivity index (χ3v) is 4.42. The molecule has 0 saturated heterocycles. The molecule has 7 nitrogen and oxygen atoms in total. The molecule has 0 aliphatic heterocycles. The minimum absolute atomic E-state index is 0.0270. The summed E-state index contributed by atoms with van der Waals surface area (Å²) in [5.74, 6) is 0.747. The lowest BCUT2D eigenvalue weighted by atomic mass is 9.84. The Kier molecular flexibility index (Phi) is 5.33. The molecule has 3 N–H and O–H groups in total. The summed E-state index contributed by atoms with van der Waals surface area (Å²) in [7, 11) is 0. The molecule has 0 spiro atoms. The maximum atomic E-state index is 11.9.